The van der Waals surface area contributed by atoms with Gasteiger partial charge in [-0.3, -0.25) is 9.59 Å². The predicted molar refractivity (Wildman–Crippen MR) is 144 cm³/mol. The summed E-state index contributed by atoms with van der Waals surface area (Å²) in [6.07, 6.45) is 1.78. The van der Waals surface area contributed by atoms with Crippen molar-refractivity contribution in [3.63, 3.8) is 0 Å². The van der Waals surface area contributed by atoms with Crippen LogP contribution in [0.25, 0.3) is 11.1 Å². The van der Waals surface area contributed by atoms with E-state index < -0.39 is 0 Å². The first-order chi connectivity index (χ1) is 17.5. The summed E-state index contributed by atoms with van der Waals surface area (Å²) in [6, 6.07) is 24.9. The van der Waals surface area contributed by atoms with Crippen LogP contribution in [0.2, 0.25) is 0 Å². The Balaban J connectivity index is 1.18. The maximum absolute atomic E-state index is 12.6. The number of likely N-dealkylation sites (tertiary alicyclic amines) is 1. The first-order valence-corrected chi connectivity index (χ1v) is 12.4. The fraction of sp³-hybridized carbons (Fsp3) is 0.310. The monoisotopic (exact) mass is 486 g/mol. The molecule has 0 radical (unpaired) electrons. The van der Waals surface area contributed by atoms with Gasteiger partial charge in [0.05, 0.1) is 6.10 Å². The van der Waals surface area contributed by atoms with E-state index in [1.807, 2.05) is 61.6 Å². The number of ether oxygens (including phenoxy) is 1. The van der Waals surface area contributed by atoms with Gasteiger partial charge < -0.3 is 25.6 Å². The standard InChI is InChI=1S/C29H34N4O3/c1-32(29(35)23-10-7-11-24(30)20-23)18-19-33-16-14-25(15-17-33)36-21-28(34)31-27-13-6-5-12-26(27)22-8-3-2-4-9-22/h2-13,20,25H,14-19,21,30H2,1H3,(H,31,34). The van der Waals surface area contributed by atoms with Gasteiger partial charge in [0.1, 0.15) is 6.61 Å². The number of carbonyl (C=O) groups excluding carboxylic acids is 2. The van der Waals surface area contributed by atoms with Gasteiger partial charge in [-0.05, 0) is 42.7 Å². The highest BCUT2D eigenvalue weighted by Crippen LogP contribution is 2.27. The van der Waals surface area contributed by atoms with E-state index >= 15 is 0 Å². The van der Waals surface area contributed by atoms with Gasteiger partial charge in [0.15, 0.2) is 0 Å². The Hall–Kier alpha value is -3.68. The zero-order valence-electron chi connectivity index (χ0n) is 20.7. The molecule has 7 nitrogen and oxygen atoms in total. The van der Waals surface area contributed by atoms with Crippen LogP contribution in [0, 0.1) is 0 Å². The number of hydrogen-bond donors (Lipinski definition) is 2. The summed E-state index contributed by atoms with van der Waals surface area (Å²) in [5.74, 6) is -0.178. The molecule has 36 heavy (non-hydrogen) atoms. The first kappa shape index (κ1) is 25.4. The van der Waals surface area contributed by atoms with Crippen LogP contribution in [0.3, 0.4) is 0 Å². The van der Waals surface area contributed by atoms with Crippen LogP contribution in [0.4, 0.5) is 11.4 Å². The maximum Gasteiger partial charge on any atom is 0.253 e. The number of para-hydroxylation sites is 1. The predicted octanol–water partition coefficient (Wildman–Crippen LogP) is 4.13. The van der Waals surface area contributed by atoms with Gasteiger partial charge >= 0.3 is 0 Å². The van der Waals surface area contributed by atoms with E-state index in [1.165, 1.54) is 0 Å². The number of hydrogen-bond acceptors (Lipinski definition) is 5. The van der Waals surface area contributed by atoms with Crippen LogP contribution >= 0.6 is 0 Å². The summed E-state index contributed by atoms with van der Waals surface area (Å²) in [5.41, 5.74) is 9.82. The van der Waals surface area contributed by atoms with Crippen molar-refractivity contribution in [3.05, 3.63) is 84.4 Å². The maximum atomic E-state index is 12.6. The molecule has 188 valence electrons. The first-order valence-electron chi connectivity index (χ1n) is 12.4. The lowest BCUT2D eigenvalue weighted by atomic mass is 10.0. The molecule has 7 heteroatoms. The molecule has 1 fully saturated rings. The summed E-state index contributed by atoms with van der Waals surface area (Å²) in [4.78, 5) is 29.3. The SMILES string of the molecule is CN(CCN1CCC(OCC(=O)Nc2ccccc2-c2ccccc2)CC1)C(=O)c1cccc(N)c1. The molecule has 3 N–H and O–H groups in total. The second-order valence-corrected chi connectivity index (χ2v) is 9.16. The molecule has 3 aromatic carbocycles. The Kier molecular flexibility index (Phi) is 8.71. The van der Waals surface area contributed by atoms with Crippen molar-refractivity contribution in [2.24, 2.45) is 0 Å². The van der Waals surface area contributed by atoms with Crippen LogP contribution in [0.15, 0.2) is 78.9 Å². The summed E-state index contributed by atoms with van der Waals surface area (Å²) < 4.78 is 5.93. The van der Waals surface area contributed by atoms with Crippen molar-refractivity contribution < 1.29 is 14.3 Å². The van der Waals surface area contributed by atoms with Gasteiger partial charge in [0.25, 0.3) is 5.91 Å². The van der Waals surface area contributed by atoms with Gasteiger partial charge in [-0.25, -0.2) is 0 Å². The molecule has 0 unspecified atom stereocenters. The van der Waals surface area contributed by atoms with Crippen molar-refractivity contribution in [3.8, 4) is 11.1 Å². The lowest BCUT2D eigenvalue weighted by molar-refractivity contribution is -0.123. The van der Waals surface area contributed by atoms with E-state index in [0.29, 0.717) is 17.8 Å². The topological polar surface area (TPSA) is 87.9 Å². The lowest BCUT2D eigenvalue weighted by Gasteiger charge is -2.32. The number of piperidine rings is 1. The third-order valence-corrected chi connectivity index (χ3v) is 6.50. The Morgan fingerprint density at radius 3 is 2.47 bits per heavy atom. The highest BCUT2D eigenvalue weighted by molar-refractivity contribution is 5.96. The van der Waals surface area contributed by atoms with Gasteiger partial charge in [0.2, 0.25) is 5.91 Å². The van der Waals surface area contributed by atoms with E-state index in [4.69, 9.17) is 10.5 Å². The van der Waals surface area contributed by atoms with E-state index in [0.717, 1.165) is 49.3 Å². The second kappa shape index (κ2) is 12.3. The normalized spacial score (nSPS) is 14.4. The molecule has 0 spiro atoms. The number of benzene rings is 3. The molecule has 1 aliphatic heterocycles. The molecular weight excluding hydrogens is 452 g/mol. The molecule has 0 saturated carbocycles. The third-order valence-electron chi connectivity index (χ3n) is 6.50. The highest BCUT2D eigenvalue weighted by atomic mass is 16.5. The number of rotatable bonds is 9. The Labute approximate surface area is 212 Å². The molecule has 2 amide bonds. The fourth-order valence-electron chi connectivity index (χ4n) is 4.43. The zero-order valence-corrected chi connectivity index (χ0v) is 20.7. The minimum atomic E-state index is -0.150. The second-order valence-electron chi connectivity index (χ2n) is 9.16. The molecule has 0 aromatic heterocycles. The third kappa shape index (κ3) is 6.93. The smallest absolute Gasteiger partial charge is 0.253 e. The Morgan fingerprint density at radius 1 is 1.00 bits per heavy atom. The molecule has 0 aliphatic carbocycles. The van der Waals surface area contributed by atoms with E-state index in [1.54, 1.807) is 29.2 Å². The summed E-state index contributed by atoms with van der Waals surface area (Å²) >= 11 is 0. The number of nitrogens with zero attached hydrogens (tertiary/aromatic N) is 2. The van der Waals surface area contributed by atoms with Gasteiger partial charge in [0, 0.05) is 55.7 Å². The van der Waals surface area contributed by atoms with Gasteiger partial charge in [-0.2, -0.15) is 0 Å². The van der Waals surface area contributed by atoms with Crippen molar-refractivity contribution >= 4 is 23.2 Å². The Morgan fingerprint density at radius 2 is 1.72 bits per heavy atom. The van der Waals surface area contributed by atoms with E-state index in [-0.39, 0.29) is 24.5 Å². The Bertz CT molecular complexity index is 1160. The highest BCUT2D eigenvalue weighted by Gasteiger charge is 2.21. The average molecular weight is 487 g/mol. The number of anilines is 2. The largest absolute Gasteiger partial charge is 0.399 e. The van der Waals surface area contributed by atoms with Crippen LogP contribution < -0.4 is 11.1 Å². The number of nitrogen functional groups attached to an aromatic ring is 1. The number of amides is 2. The number of nitrogens with one attached hydrogen (secondary N) is 1. The van der Waals surface area contributed by atoms with Crippen molar-refractivity contribution in [1.29, 1.82) is 0 Å². The molecule has 0 atom stereocenters. The lowest BCUT2D eigenvalue weighted by Crippen LogP contribution is -2.42. The number of carbonyl (C=O) groups is 2. The van der Waals surface area contributed by atoms with E-state index in [2.05, 4.69) is 10.2 Å². The molecule has 0 bridgehead atoms. The number of nitrogens with two attached hydrogens (primary N) is 1. The molecule has 1 aliphatic rings. The molecule has 1 saturated heterocycles. The fourth-order valence-corrected chi connectivity index (χ4v) is 4.43. The average Bonchev–Trinajstić information content (AvgIpc) is 2.91. The minimum absolute atomic E-state index is 0.0274. The minimum Gasteiger partial charge on any atom is -0.399 e. The summed E-state index contributed by atoms with van der Waals surface area (Å²) in [5, 5.41) is 3.00. The van der Waals surface area contributed by atoms with Crippen molar-refractivity contribution in [2.75, 3.05) is 50.9 Å². The molecule has 3 aromatic rings. The summed E-state index contributed by atoms with van der Waals surface area (Å²) in [7, 11) is 1.82. The quantitative estimate of drug-likeness (QED) is 0.444. The number of likely N-dealkylation sites (N-methyl/N-ethyl adjacent to an activating group) is 1. The molecule has 4 rings (SSSR count). The van der Waals surface area contributed by atoms with Gasteiger partial charge in [-0.15, -0.1) is 0 Å². The molecule has 1 heterocycles. The zero-order chi connectivity index (χ0) is 25.3. The summed E-state index contributed by atoms with van der Waals surface area (Å²) in [6.45, 7) is 3.23. The van der Waals surface area contributed by atoms with Crippen LogP contribution in [-0.4, -0.2) is 67.6 Å². The van der Waals surface area contributed by atoms with Crippen LogP contribution in [0.1, 0.15) is 23.2 Å². The van der Waals surface area contributed by atoms with E-state index in [9.17, 15) is 9.59 Å². The molecular formula is C29H34N4O3. The van der Waals surface area contributed by atoms with Crippen LogP contribution in [-0.2, 0) is 9.53 Å². The van der Waals surface area contributed by atoms with Crippen LogP contribution in [0.5, 0.6) is 0 Å². The van der Waals surface area contributed by atoms with Crippen molar-refractivity contribution in [2.45, 2.75) is 18.9 Å². The van der Waals surface area contributed by atoms with Gasteiger partial charge in [-0.1, -0.05) is 54.6 Å². The van der Waals surface area contributed by atoms with Crippen molar-refractivity contribution in [1.82, 2.24) is 9.80 Å².